The Kier molecular flexibility index (Phi) is 3.06. The summed E-state index contributed by atoms with van der Waals surface area (Å²) in [6.45, 7) is 2.10. The summed E-state index contributed by atoms with van der Waals surface area (Å²) in [5, 5.41) is 3.61. The zero-order chi connectivity index (χ0) is 12.8. The molecular formula is C16H26N2O. The van der Waals surface area contributed by atoms with Crippen LogP contribution in [0.3, 0.4) is 0 Å². The van der Waals surface area contributed by atoms with E-state index in [1.165, 1.54) is 44.9 Å². The average molecular weight is 262 g/mol. The van der Waals surface area contributed by atoms with Gasteiger partial charge in [0, 0.05) is 25.2 Å². The van der Waals surface area contributed by atoms with Crippen LogP contribution in [0, 0.1) is 17.8 Å². The van der Waals surface area contributed by atoms with Crippen molar-refractivity contribution in [2.24, 2.45) is 17.8 Å². The number of hydrogen-bond acceptors (Lipinski definition) is 2. The molecule has 5 unspecified atom stereocenters. The van der Waals surface area contributed by atoms with Gasteiger partial charge in [-0.1, -0.05) is 19.3 Å². The third kappa shape index (κ3) is 2.10. The summed E-state index contributed by atoms with van der Waals surface area (Å²) < 4.78 is 0. The molecule has 4 aliphatic rings. The van der Waals surface area contributed by atoms with Gasteiger partial charge in [-0.15, -0.1) is 0 Å². The van der Waals surface area contributed by atoms with E-state index in [0.717, 1.165) is 31.3 Å². The van der Waals surface area contributed by atoms with E-state index in [9.17, 15) is 4.79 Å². The molecule has 106 valence electrons. The molecule has 5 atom stereocenters. The first-order valence-electron chi connectivity index (χ1n) is 8.36. The molecule has 19 heavy (non-hydrogen) atoms. The number of carbonyl (C=O) groups is 1. The van der Waals surface area contributed by atoms with Crippen LogP contribution in [-0.2, 0) is 4.79 Å². The molecule has 1 amide bonds. The number of rotatable bonds is 1. The lowest BCUT2D eigenvalue weighted by atomic mass is 9.74. The fourth-order valence-electron chi connectivity index (χ4n) is 5.13. The lowest BCUT2D eigenvalue weighted by molar-refractivity contribution is -0.139. The zero-order valence-electron chi connectivity index (χ0n) is 11.8. The van der Waals surface area contributed by atoms with E-state index in [2.05, 4.69) is 10.2 Å². The Bertz CT molecular complexity index is 370. The first-order chi connectivity index (χ1) is 9.31. The number of nitrogens with zero attached hydrogens (tertiary/aromatic N) is 1. The molecule has 1 N–H and O–H groups in total. The van der Waals surface area contributed by atoms with Crippen molar-refractivity contribution in [2.75, 3.05) is 13.1 Å². The topological polar surface area (TPSA) is 32.3 Å². The lowest BCUT2D eigenvalue weighted by Crippen LogP contribution is -2.48. The second-order valence-electron chi connectivity index (χ2n) is 7.27. The van der Waals surface area contributed by atoms with Crippen LogP contribution in [0.5, 0.6) is 0 Å². The minimum absolute atomic E-state index is 0.305. The normalized spacial score (nSPS) is 45.3. The molecule has 0 aromatic carbocycles. The lowest BCUT2D eigenvalue weighted by Gasteiger charge is -2.42. The van der Waals surface area contributed by atoms with Crippen LogP contribution in [0.15, 0.2) is 0 Å². The molecule has 1 saturated carbocycles. The van der Waals surface area contributed by atoms with Crippen molar-refractivity contribution < 1.29 is 4.79 Å². The molecule has 4 rings (SSSR count). The van der Waals surface area contributed by atoms with Crippen molar-refractivity contribution in [3.8, 4) is 0 Å². The molecule has 3 heteroatoms. The Morgan fingerprint density at radius 1 is 1.00 bits per heavy atom. The van der Waals surface area contributed by atoms with Crippen LogP contribution in [0.4, 0.5) is 0 Å². The van der Waals surface area contributed by atoms with Gasteiger partial charge in [0.05, 0.1) is 5.92 Å². The molecule has 4 fully saturated rings. The van der Waals surface area contributed by atoms with E-state index in [-0.39, 0.29) is 0 Å². The van der Waals surface area contributed by atoms with E-state index >= 15 is 0 Å². The molecular weight excluding hydrogens is 236 g/mol. The van der Waals surface area contributed by atoms with Gasteiger partial charge in [-0.3, -0.25) is 4.79 Å². The van der Waals surface area contributed by atoms with Crippen molar-refractivity contribution in [2.45, 2.75) is 63.5 Å². The molecule has 3 nitrogen and oxygen atoms in total. The van der Waals surface area contributed by atoms with Crippen LogP contribution < -0.4 is 5.32 Å². The van der Waals surface area contributed by atoms with Crippen molar-refractivity contribution in [3.63, 3.8) is 0 Å². The van der Waals surface area contributed by atoms with Crippen molar-refractivity contribution in [1.82, 2.24) is 10.2 Å². The Hall–Kier alpha value is -0.570. The number of piperidine rings is 1. The van der Waals surface area contributed by atoms with E-state index < -0.39 is 0 Å². The maximum atomic E-state index is 12.8. The van der Waals surface area contributed by atoms with E-state index in [1.807, 2.05) is 0 Å². The van der Waals surface area contributed by atoms with Crippen LogP contribution in [0.25, 0.3) is 0 Å². The summed E-state index contributed by atoms with van der Waals surface area (Å²) in [7, 11) is 0. The van der Waals surface area contributed by atoms with E-state index in [1.54, 1.807) is 0 Å². The van der Waals surface area contributed by atoms with Gasteiger partial charge in [0.15, 0.2) is 0 Å². The highest BCUT2D eigenvalue weighted by atomic mass is 16.2. The van der Waals surface area contributed by atoms with Crippen LogP contribution in [-0.4, -0.2) is 36.0 Å². The van der Waals surface area contributed by atoms with Gasteiger partial charge in [0.25, 0.3) is 0 Å². The summed E-state index contributed by atoms with van der Waals surface area (Å²) in [5.74, 6) is 2.52. The maximum Gasteiger partial charge on any atom is 0.227 e. The summed E-state index contributed by atoms with van der Waals surface area (Å²) in [5.41, 5.74) is 0. The van der Waals surface area contributed by atoms with Gasteiger partial charge in [-0.25, -0.2) is 0 Å². The molecule has 3 heterocycles. The number of amides is 1. The monoisotopic (exact) mass is 262 g/mol. The highest BCUT2D eigenvalue weighted by Crippen LogP contribution is 2.39. The van der Waals surface area contributed by atoms with Gasteiger partial charge in [-0.05, 0) is 43.9 Å². The first-order valence-corrected chi connectivity index (χ1v) is 8.36. The first kappa shape index (κ1) is 12.2. The van der Waals surface area contributed by atoms with E-state index in [0.29, 0.717) is 23.9 Å². The van der Waals surface area contributed by atoms with Gasteiger partial charge < -0.3 is 10.2 Å². The van der Waals surface area contributed by atoms with Gasteiger partial charge in [-0.2, -0.15) is 0 Å². The Morgan fingerprint density at radius 3 is 2.58 bits per heavy atom. The smallest absolute Gasteiger partial charge is 0.227 e. The SMILES string of the molecule is O=C(C1CC2CCC1N2)N1CCC2CCCCC2C1. The molecule has 0 radical (unpaired) electrons. The fourth-order valence-corrected chi connectivity index (χ4v) is 5.13. The average Bonchev–Trinajstić information content (AvgIpc) is 3.08. The van der Waals surface area contributed by atoms with Crippen LogP contribution >= 0.6 is 0 Å². The van der Waals surface area contributed by atoms with Crippen LogP contribution in [0.2, 0.25) is 0 Å². The molecule has 0 spiro atoms. The number of nitrogens with one attached hydrogen (secondary N) is 1. The predicted molar refractivity (Wildman–Crippen MR) is 74.7 cm³/mol. The summed E-state index contributed by atoms with van der Waals surface area (Å²) in [6, 6.07) is 1.15. The van der Waals surface area contributed by atoms with Gasteiger partial charge in [0.1, 0.15) is 0 Å². The standard InChI is InChI=1S/C16H26N2O/c19-16(14-9-13-5-6-15(14)17-13)18-8-7-11-3-1-2-4-12(11)10-18/h11-15,17H,1-10H2. The van der Waals surface area contributed by atoms with Crippen molar-refractivity contribution in [3.05, 3.63) is 0 Å². The maximum absolute atomic E-state index is 12.8. The number of hydrogen-bond donors (Lipinski definition) is 1. The molecule has 3 saturated heterocycles. The van der Waals surface area contributed by atoms with Gasteiger partial charge >= 0.3 is 0 Å². The second-order valence-corrected chi connectivity index (χ2v) is 7.27. The second kappa shape index (κ2) is 4.76. The molecule has 2 bridgehead atoms. The minimum atomic E-state index is 0.305. The summed E-state index contributed by atoms with van der Waals surface area (Å²) in [4.78, 5) is 15.0. The highest BCUT2D eigenvalue weighted by molar-refractivity contribution is 5.80. The van der Waals surface area contributed by atoms with Crippen LogP contribution in [0.1, 0.15) is 51.4 Å². The largest absolute Gasteiger partial charge is 0.342 e. The Labute approximate surface area is 116 Å². The quantitative estimate of drug-likeness (QED) is 0.785. The Balaban J connectivity index is 1.41. The van der Waals surface area contributed by atoms with E-state index in [4.69, 9.17) is 0 Å². The zero-order valence-corrected chi connectivity index (χ0v) is 11.8. The summed E-state index contributed by atoms with van der Waals surface area (Å²) >= 11 is 0. The van der Waals surface area contributed by atoms with Crippen molar-refractivity contribution in [1.29, 1.82) is 0 Å². The fraction of sp³-hybridized carbons (Fsp3) is 0.938. The Morgan fingerprint density at radius 2 is 1.84 bits per heavy atom. The molecule has 0 aromatic rings. The van der Waals surface area contributed by atoms with Gasteiger partial charge in [0.2, 0.25) is 5.91 Å². The molecule has 0 aromatic heterocycles. The number of likely N-dealkylation sites (tertiary alicyclic amines) is 1. The molecule has 3 aliphatic heterocycles. The third-order valence-corrected chi connectivity index (χ3v) is 6.22. The highest BCUT2D eigenvalue weighted by Gasteiger charge is 2.45. The van der Waals surface area contributed by atoms with Crippen molar-refractivity contribution >= 4 is 5.91 Å². The molecule has 1 aliphatic carbocycles. The number of carbonyl (C=O) groups excluding carboxylic acids is 1. The number of fused-ring (bicyclic) bond motifs is 3. The minimum Gasteiger partial charge on any atom is -0.342 e. The predicted octanol–water partition coefficient (Wildman–Crippen LogP) is 2.17. The summed E-state index contributed by atoms with van der Waals surface area (Å²) in [6.07, 6.45) is 10.5. The third-order valence-electron chi connectivity index (χ3n) is 6.22.